The molecular weight excluding hydrogens is 481 g/mol. The van der Waals surface area contributed by atoms with Crippen LogP contribution in [0.2, 0.25) is 0 Å². The lowest BCUT2D eigenvalue weighted by molar-refractivity contribution is -0.116. The van der Waals surface area contributed by atoms with Crippen LogP contribution < -0.4 is 4.90 Å². The van der Waals surface area contributed by atoms with Gasteiger partial charge in [-0.15, -0.1) is 24.2 Å². The molecule has 0 bridgehead atoms. The number of amides is 1. The third kappa shape index (κ3) is 6.63. The number of aromatic nitrogens is 1. The Morgan fingerprint density at radius 2 is 1.81 bits per heavy atom. The van der Waals surface area contributed by atoms with E-state index in [1.807, 2.05) is 19.0 Å². The summed E-state index contributed by atoms with van der Waals surface area (Å²) >= 11 is 2.61. The third-order valence-electron chi connectivity index (χ3n) is 4.25. The number of carbonyl (C=O) groups excluding carboxylic acids is 1. The minimum absolute atomic E-state index is 0. The first-order valence-corrected chi connectivity index (χ1v) is 12.8. The summed E-state index contributed by atoms with van der Waals surface area (Å²) in [5, 5.41) is 0.465. The molecule has 0 N–H and O–H groups in total. The maximum atomic E-state index is 13.1. The van der Waals surface area contributed by atoms with E-state index in [2.05, 4.69) is 4.98 Å². The largest absolute Gasteiger partial charge is 0.308 e. The number of rotatable bonds is 8. The van der Waals surface area contributed by atoms with Gasteiger partial charge in [0.15, 0.2) is 15.0 Å². The molecule has 6 nitrogen and oxygen atoms in total. The number of anilines is 1. The number of thiazole rings is 1. The summed E-state index contributed by atoms with van der Waals surface area (Å²) < 4.78 is 38.0. The molecule has 31 heavy (non-hydrogen) atoms. The normalized spacial score (nSPS) is 11.5. The average molecular weight is 504 g/mol. The van der Waals surface area contributed by atoms with Crippen molar-refractivity contribution in [3.63, 3.8) is 0 Å². The topological polar surface area (TPSA) is 70.6 Å². The molecule has 3 rings (SSSR count). The van der Waals surface area contributed by atoms with Crippen LogP contribution in [0.4, 0.5) is 9.52 Å². The van der Waals surface area contributed by atoms with Gasteiger partial charge in [0.25, 0.3) is 0 Å². The number of halogens is 2. The molecule has 0 aliphatic heterocycles. The van der Waals surface area contributed by atoms with Gasteiger partial charge in [0, 0.05) is 24.2 Å². The molecule has 0 aliphatic carbocycles. The highest BCUT2D eigenvalue weighted by Gasteiger charge is 2.22. The molecule has 0 unspecified atom stereocenters. The maximum Gasteiger partial charge on any atom is 0.239 e. The SMILES string of the molecule is CN(C)CCN(C(=O)CSc1ccc(F)cc1)c1nc2c(S(C)(=O)=O)cccc2s1.Cl. The zero-order chi connectivity index (χ0) is 21.9. The Balaban J connectivity index is 0.00000341. The fraction of sp³-hybridized carbons (Fsp3) is 0.300. The molecule has 1 aromatic heterocycles. The summed E-state index contributed by atoms with van der Waals surface area (Å²) in [6, 6.07) is 11.0. The summed E-state index contributed by atoms with van der Waals surface area (Å²) in [7, 11) is 0.386. The predicted molar refractivity (Wildman–Crippen MR) is 128 cm³/mol. The van der Waals surface area contributed by atoms with Gasteiger partial charge in [-0.3, -0.25) is 9.69 Å². The van der Waals surface area contributed by atoms with Crippen LogP contribution in [0.15, 0.2) is 52.3 Å². The molecule has 2 aromatic carbocycles. The Morgan fingerprint density at radius 3 is 2.42 bits per heavy atom. The van der Waals surface area contributed by atoms with E-state index in [4.69, 9.17) is 0 Å². The molecule has 0 fully saturated rings. The van der Waals surface area contributed by atoms with Crippen LogP contribution in [0, 0.1) is 5.82 Å². The van der Waals surface area contributed by atoms with E-state index < -0.39 is 9.84 Å². The highest BCUT2D eigenvalue weighted by atomic mass is 35.5. The van der Waals surface area contributed by atoms with E-state index in [1.165, 1.54) is 41.3 Å². The number of thioether (sulfide) groups is 1. The number of para-hydroxylation sites is 1. The highest BCUT2D eigenvalue weighted by molar-refractivity contribution is 8.00. The lowest BCUT2D eigenvalue weighted by Crippen LogP contribution is -2.37. The van der Waals surface area contributed by atoms with E-state index in [0.29, 0.717) is 28.4 Å². The second-order valence-corrected chi connectivity index (χ2v) is 11.0. The minimum Gasteiger partial charge on any atom is -0.308 e. The molecule has 168 valence electrons. The van der Waals surface area contributed by atoms with Crippen molar-refractivity contribution in [2.45, 2.75) is 9.79 Å². The molecular formula is C20H23ClFN3O3S3. The van der Waals surface area contributed by atoms with Crippen LogP contribution in [-0.4, -0.2) is 63.4 Å². The number of fused-ring (bicyclic) bond motifs is 1. The lowest BCUT2D eigenvalue weighted by Gasteiger charge is -2.21. The Bertz CT molecular complexity index is 1150. The first-order valence-electron chi connectivity index (χ1n) is 9.08. The van der Waals surface area contributed by atoms with Gasteiger partial charge in [0.1, 0.15) is 11.3 Å². The number of sulfone groups is 1. The second kappa shape index (κ2) is 10.7. The predicted octanol–water partition coefficient (Wildman–Crippen LogP) is 3.95. The average Bonchev–Trinajstić information content (AvgIpc) is 3.10. The van der Waals surface area contributed by atoms with E-state index >= 15 is 0 Å². The van der Waals surface area contributed by atoms with Crippen LogP contribution >= 0.6 is 35.5 Å². The molecule has 0 aliphatic rings. The van der Waals surface area contributed by atoms with E-state index in [0.717, 1.165) is 11.2 Å². The molecule has 1 heterocycles. The van der Waals surface area contributed by atoms with Crippen molar-refractivity contribution >= 4 is 66.6 Å². The van der Waals surface area contributed by atoms with Crippen molar-refractivity contribution < 1.29 is 17.6 Å². The zero-order valence-electron chi connectivity index (χ0n) is 17.2. The summed E-state index contributed by atoms with van der Waals surface area (Å²) in [5.41, 5.74) is 0.383. The fourth-order valence-electron chi connectivity index (χ4n) is 2.71. The van der Waals surface area contributed by atoms with Gasteiger partial charge in [-0.05, 0) is 50.5 Å². The second-order valence-electron chi connectivity index (χ2n) is 6.96. The molecule has 0 saturated carbocycles. The first-order chi connectivity index (χ1) is 14.1. The number of hydrogen-bond acceptors (Lipinski definition) is 7. The quantitative estimate of drug-likeness (QED) is 0.433. The van der Waals surface area contributed by atoms with Gasteiger partial charge in [0.2, 0.25) is 5.91 Å². The number of likely N-dealkylation sites (N-methyl/N-ethyl adjacent to an activating group) is 1. The number of nitrogens with zero attached hydrogens (tertiary/aromatic N) is 3. The van der Waals surface area contributed by atoms with Gasteiger partial charge in [-0.2, -0.15) is 0 Å². The van der Waals surface area contributed by atoms with E-state index in [9.17, 15) is 17.6 Å². The zero-order valence-corrected chi connectivity index (χ0v) is 20.5. The summed E-state index contributed by atoms with van der Waals surface area (Å²) in [4.78, 5) is 22.0. The van der Waals surface area contributed by atoms with Gasteiger partial charge < -0.3 is 4.90 Å². The van der Waals surface area contributed by atoms with Gasteiger partial charge in [-0.25, -0.2) is 17.8 Å². The third-order valence-corrected chi connectivity index (χ3v) is 7.42. The van der Waals surface area contributed by atoms with Crippen molar-refractivity contribution in [2.75, 3.05) is 44.1 Å². The molecule has 11 heteroatoms. The highest BCUT2D eigenvalue weighted by Crippen LogP contribution is 2.33. The van der Waals surface area contributed by atoms with Crippen LogP contribution in [0.3, 0.4) is 0 Å². The maximum absolute atomic E-state index is 13.1. The van der Waals surface area contributed by atoms with Gasteiger partial charge in [-0.1, -0.05) is 17.4 Å². The van der Waals surface area contributed by atoms with Crippen molar-refractivity contribution in [2.24, 2.45) is 0 Å². The molecule has 1 amide bonds. The molecule has 0 radical (unpaired) electrons. The van der Waals surface area contributed by atoms with Crippen LogP contribution in [0.5, 0.6) is 0 Å². The van der Waals surface area contributed by atoms with Crippen LogP contribution in [0.1, 0.15) is 0 Å². The first kappa shape index (κ1) is 25.5. The molecule has 3 aromatic rings. The van der Waals surface area contributed by atoms with E-state index in [-0.39, 0.29) is 34.8 Å². The van der Waals surface area contributed by atoms with Crippen molar-refractivity contribution in [3.8, 4) is 0 Å². The Labute approximate surface area is 195 Å². The van der Waals surface area contributed by atoms with Crippen molar-refractivity contribution in [1.29, 1.82) is 0 Å². The van der Waals surface area contributed by atoms with Crippen molar-refractivity contribution in [3.05, 3.63) is 48.3 Å². The Kier molecular flexibility index (Phi) is 8.84. The summed E-state index contributed by atoms with van der Waals surface area (Å²) in [6.45, 7) is 1.05. The van der Waals surface area contributed by atoms with Crippen molar-refractivity contribution in [1.82, 2.24) is 9.88 Å². The number of hydrogen-bond donors (Lipinski definition) is 0. The number of carbonyl (C=O) groups is 1. The minimum atomic E-state index is -3.44. The molecule has 0 saturated heterocycles. The fourth-order valence-corrected chi connectivity index (χ4v) is 5.41. The summed E-state index contributed by atoms with van der Waals surface area (Å²) in [5.74, 6) is -0.311. The molecule has 0 spiro atoms. The van der Waals surface area contributed by atoms with Crippen LogP contribution in [-0.2, 0) is 14.6 Å². The lowest BCUT2D eigenvalue weighted by atomic mass is 10.3. The Hall–Kier alpha value is -1.72. The Morgan fingerprint density at radius 1 is 1.13 bits per heavy atom. The smallest absolute Gasteiger partial charge is 0.239 e. The molecule has 0 atom stereocenters. The summed E-state index contributed by atoms with van der Waals surface area (Å²) in [6.07, 6.45) is 1.15. The number of benzene rings is 2. The monoisotopic (exact) mass is 503 g/mol. The van der Waals surface area contributed by atoms with Crippen LogP contribution in [0.25, 0.3) is 10.2 Å². The van der Waals surface area contributed by atoms with E-state index in [1.54, 1.807) is 29.2 Å². The van der Waals surface area contributed by atoms with Gasteiger partial charge in [0.05, 0.1) is 15.3 Å². The van der Waals surface area contributed by atoms with Gasteiger partial charge >= 0.3 is 0 Å². The standard InChI is InChI=1S/C20H22FN3O3S3.ClH/c1-23(2)11-12-24(18(25)13-28-15-9-7-14(21)8-10-15)20-22-19-16(29-20)5-4-6-17(19)30(3,26)27;/h4-10H,11-13H2,1-3H3;1H.